The molecule has 0 aromatic heterocycles. The van der Waals surface area contributed by atoms with Crippen molar-refractivity contribution >= 4 is 0 Å². The zero-order valence-electron chi connectivity index (χ0n) is 11.4. The number of hydrogen-bond donors (Lipinski definition) is 2. The van der Waals surface area contributed by atoms with Gasteiger partial charge in [0.05, 0.1) is 12.6 Å². The van der Waals surface area contributed by atoms with Gasteiger partial charge in [0.15, 0.2) is 0 Å². The van der Waals surface area contributed by atoms with Crippen LogP contribution in [-0.2, 0) is 0 Å². The van der Waals surface area contributed by atoms with E-state index in [4.69, 9.17) is 0 Å². The molecule has 0 aliphatic carbocycles. The molecule has 1 saturated heterocycles. The van der Waals surface area contributed by atoms with E-state index in [2.05, 4.69) is 17.1 Å². The summed E-state index contributed by atoms with van der Waals surface area (Å²) in [5, 5.41) is 12.9. The largest absolute Gasteiger partial charge is 0.393 e. The van der Waals surface area contributed by atoms with Crippen LogP contribution in [0.1, 0.15) is 33.1 Å². The molecule has 1 heterocycles. The molecule has 0 aromatic carbocycles. The Morgan fingerprint density at radius 2 is 2.06 bits per heavy atom. The van der Waals surface area contributed by atoms with Crippen molar-refractivity contribution < 1.29 is 13.9 Å². The first-order valence-corrected chi connectivity index (χ1v) is 6.98. The van der Waals surface area contributed by atoms with E-state index in [0.717, 1.165) is 38.9 Å². The number of piperidine rings is 1. The van der Waals surface area contributed by atoms with Gasteiger partial charge in [-0.1, -0.05) is 13.8 Å². The molecule has 3 nitrogen and oxygen atoms in total. The summed E-state index contributed by atoms with van der Waals surface area (Å²) in [6, 6.07) is 0.0745. The van der Waals surface area contributed by atoms with Crippen LogP contribution < -0.4 is 5.32 Å². The van der Waals surface area contributed by atoms with Gasteiger partial charge in [0, 0.05) is 19.1 Å². The molecule has 1 aliphatic heterocycles. The number of aliphatic hydroxyl groups excluding tert-OH is 1. The number of rotatable bonds is 7. The van der Waals surface area contributed by atoms with Crippen molar-refractivity contribution in [2.24, 2.45) is 5.92 Å². The number of halogens is 2. The molecule has 0 amide bonds. The Labute approximate surface area is 109 Å². The molecule has 3 atom stereocenters. The average molecular weight is 264 g/mol. The molecule has 1 aliphatic rings. The fourth-order valence-corrected chi connectivity index (χ4v) is 2.75. The highest BCUT2D eigenvalue weighted by atomic mass is 19.3. The molecule has 18 heavy (non-hydrogen) atoms. The monoisotopic (exact) mass is 264 g/mol. The molecule has 2 N–H and O–H groups in total. The standard InChI is InChI=1S/C13H26F2N2O/c1-3-5-17-8-10(12(18)4-2)6-11(9-17)16-7-13(14)15/h10-13,16,18H,3-9H2,1-2H3. The number of alkyl halides is 2. The highest BCUT2D eigenvalue weighted by Crippen LogP contribution is 2.22. The first-order valence-electron chi connectivity index (χ1n) is 6.98. The van der Waals surface area contributed by atoms with Gasteiger partial charge in [-0.2, -0.15) is 0 Å². The lowest BCUT2D eigenvalue weighted by atomic mass is 9.88. The molecule has 0 saturated carbocycles. The van der Waals surface area contributed by atoms with Gasteiger partial charge in [0.25, 0.3) is 6.43 Å². The van der Waals surface area contributed by atoms with Gasteiger partial charge in [0.1, 0.15) is 0 Å². The molecule has 3 unspecified atom stereocenters. The number of nitrogens with one attached hydrogen (secondary N) is 1. The van der Waals surface area contributed by atoms with Gasteiger partial charge in [-0.3, -0.25) is 0 Å². The minimum Gasteiger partial charge on any atom is -0.393 e. The second-order valence-electron chi connectivity index (χ2n) is 5.23. The van der Waals surface area contributed by atoms with Crippen molar-refractivity contribution in [3.63, 3.8) is 0 Å². The third-order valence-corrected chi connectivity index (χ3v) is 3.62. The maximum Gasteiger partial charge on any atom is 0.250 e. The molecule has 1 fully saturated rings. The van der Waals surface area contributed by atoms with Gasteiger partial charge >= 0.3 is 0 Å². The third-order valence-electron chi connectivity index (χ3n) is 3.62. The van der Waals surface area contributed by atoms with Gasteiger partial charge in [-0.05, 0) is 31.7 Å². The van der Waals surface area contributed by atoms with Gasteiger partial charge in [-0.15, -0.1) is 0 Å². The quantitative estimate of drug-likeness (QED) is 0.735. The Morgan fingerprint density at radius 3 is 2.61 bits per heavy atom. The van der Waals surface area contributed by atoms with Gasteiger partial charge < -0.3 is 15.3 Å². The molecule has 0 aromatic rings. The minimum atomic E-state index is -2.30. The van der Waals surface area contributed by atoms with Crippen molar-refractivity contribution in [2.45, 2.75) is 51.7 Å². The van der Waals surface area contributed by atoms with E-state index >= 15 is 0 Å². The van der Waals surface area contributed by atoms with Crippen LogP contribution in [0.5, 0.6) is 0 Å². The Kier molecular flexibility index (Phi) is 7.04. The van der Waals surface area contributed by atoms with Crippen molar-refractivity contribution in [3.8, 4) is 0 Å². The zero-order chi connectivity index (χ0) is 13.5. The maximum atomic E-state index is 12.2. The lowest BCUT2D eigenvalue weighted by Gasteiger charge is -2.39. The molecule has 0 radical (unpaired) electrons. The first kappa shape index (κ1) is 15.8. The Bertz CT molecular complexity index is 229. The molecule has 5 heteroatoms. The summed E-state index contributed by atoms with van der Waals surface area (Å²) in [5.74, 6) is 0.200. The SMILES string of the molecule is CCCN1CC(NCC(F)F)CC(C(O)CC)C1. The number of likely N-dealkylation sites (tertiary alicyclic amines) is 1. The minimum absolute atomic E-state index is 0.0745. The summed E-state index contributed by atoms with van der Waals surface area (Å²) in [6.07, 6.45) is -0.0495. The van der Waals surface area contributed by atoms with Crippen LogP contribution in [0, 0.1) is 5.92 Å². The van der Waals surface area contributed by atoms with Crippen molar-refractivity contribution in [3.05, 3.63) is 0 Å². The highest BCUT2D eigenvalue weighted by Gasteiger charge is 2.30. The Hall–Kier alpha value is -0.260. The van der Waals surface area contributed by atoms with Crippen LogP contribution in [0.25, 0.3) is 0 Å². The van der Waals surface area contributed by atoms with Crippen molar-refractivity contribution in [1.82, 2.24) is 10.2 Å². The first-order chi connectivity index (χ1) is 8.56. The van der Waals surface area contributed by atoms with E-state index in [1.807, 2.05) is 6.92 Å². The van der Waals surface area contributed by atoms with Crippen LogP contribution in [0.4, 0.5) is 8.78 Å². The van der Waals surface area contributed by atoms with E-state index in [0.29, 0.717) is 0 Å². The summed E-state index contributed by atoms with van der Waals surface area (Å²) >= 11 is 0. The van der Waals surface area contributed by atoms with Crippen molar-refractivity contribution in [1.29, 1.82) is 0 Å². The topological polar surface area (TPSA) is 35.5 Å². The predicted octanol–water partition coefficient (Wildman–Crippen LogP) is 1.71. The lowest BCUT2D eigenvalue weighted by Crippen LogP contribution is -2.52. The van der Waals surface area contributed by atoms with Gasteiger partial charge in [0.2, 0.25) is 0 Å². The molecular formula is C13H26F2N2O. The summed E-state index contributed by atoms with van der Waals surface area (Å²) in [7, 11) is 0. The maximum absolute atomic E-state index is 12.2. The van der Waals surface area contributed by atoms with Crippen LogP contribution in [0.15, 0.2) is 0 Å². The fraction of sp³-hybridized carbons (Fsp3) is 1.00. The highest BCUT2D eigenvalue weighted by molar-refractivity contribution is 4.86. The molecule has 0 spiro atoms. The molecule has 108 valence electrons. The lowest BCUT2D eigenvalue weighted by molar-refractivity contribution is 0.0320. The van der Waals surface area contributed by atoms with Gasteiger partial charge in [-0.25, -0.2) is 8.78 Å². The number of hydrogen-bond acceptors (Lipinski definition) is 3. The van der Waals surface area contributed by atoms with Crippen LogP contribution in [-0.4, -0.2) is 54.8 Å². The Balaban J connectivity index is 2.50. The predicted molar refractivity (Wildman–Crippen MR) is 68.9 cm³/mol. The summed E-state index contributed by atoms with van der Waals surface area (Å²) in [4.78, 5) is 2.27. The van der Waals surface area contributed by atoms with Crippen LogP contribution in [0.3, 0.4) is 0 Å². The second-order valence-corrected chi connectivity index (χ2v) is 5.23. The normalized spacial score (nSPS) is 27.7. The molecule has 1 rings (SSSR count). The van der Waals surface area contributed by atoms with E-state index in [-0.39, 0.29) is 24.6 Å². The Morgan fingerprint density at radius 1 is 1.33 bits per heavy atom. The number of aliphatic hydroxyl groups is 1. The van der Waals surface area contributed by atoms with E-state index in [1.165, 1.54) is 0 Å². The van der Waals surface area contributed by atoms with Crippen LogP contribution in [0.2, 0.25) is 0 Å². The van der Waals surface area contributed by atoms with Crippen molar-refractivity contribution in [2.75, 3.05) is 26.2 Å². The average Bonchev–Trinajstić information content (AvgIpc) is 2.35. The fourth-order valence-electron chi connectivity index (χ4n) is 2.75. The molecule has 0 bridgehead atoms. The van der Waals surface area contributed by atoms with E-state index in [9.17, 15) is 13.9 Å². The van der Waals surface area contributed by atoms with E-state index in [1.54, 1.807) is 0 Å². The molecular weight excluding hydrogens is 238 g/mol. The summed E-state index contributed by atoms with van der Waals surface area (Å²) < 4.78 is 24.5. The number of nitrogens with zero attached hydrogens (tertiary/aromatic N) is 1. The third kappa shape index (κ3) is 5.16. The zero-order valence-corrected chi connectivity index (χ0v) is 11.4. The second kappa shape index (κ2) is 8.02. The summed E-state index contributed by atoms with van der Waals surface area (Å²) in [5.41, 5.74) is 0. The van der Waals surface area contributed by atoms with Crippen LogP contribution >= 0.6 is 0 Å². The van der Waals surface area contributed by atoms with E-state index < -0.39 is 6.43 Å². The smallest absolute Gasteiger partial charge is 0.250 e. The summed E-state index contributed by atoms with van der Waals surface area (Å²) in [6.45, 7) is 6.50.